The molecule has 0 saturated carbocycles. The predicted octanol–water partition coefficient (Wildman–Crippen LogP) is 3.85. The van der Waals surface area contributed by atoms with Gasteiger partial charge >= 0.3 is 0 Å². The normalized spacial score (nSPS) is 16.3. The van der Waals surface area contributed by atoms with Crippen LogP contribution in [0.5, 0.6) is 5.75 Å². The molecule has 1 N–H and O–H groups in total. The molecule has 0 bridgehead atoms. The van der Waals surface area contributed by atoms with Crippen molar-refractivity contribution in [2.24, 2.45) is 0 Å². The van der Waals surface area contributed by atoms with Gasteiger partial charge in [0, 0.05) is 43.4 Å². The van der Waals surface area contributed by atoms with E-state index < -0.39 is 6.10 Å². The maximum atomic E-state index is 10.3. The molecular weight excluding hydrogens is 360 g/mol. The van der Waals surface area contributed by atoms with Crippen molar-refractivity contribution in [2.45, 2.75) is 25.9 Å². The van der Waals surface area contributed by atoms with Gasteiger partial charge in [0.15, 0.2) is 0 Å². The summed E-state index contributed by atoms with van der Waals surface area (Å²) < 4.78 is 5.74. The van der Waals surface area contributed by atoms with Crippen molar-refractivity contribution in [3.63, 3.8) is 0 Å². The van der Waals surface area contributed by atoms with Crippen LogP contribution in [0.25, 0.3) is 0 Å². The second kappa shape index (κ2) is 9.98. The summed E-state index contributed by atoms with van der Waals surface area (Å²) in [5.74, 6) is 0.819. The minimum atomic E-state index is -0.488. The van der Waals surface area contributed by atoms with Gasteiger partial charge in [-0.15, -0.1) is 0 Å². The summed E-state index contributed by atoms with van der Waals surface area (Å²) in [7, 11) is 0. The summed E-state index contributed by atoms with van der Waals surface area (Å²) in [4.78, 5) is 4.63. The minimum absolute atomic E-state index is 0.321. The zero-order chi connectivity index (χ0) is 19.1. The topological polar surface area (TPSA) is 35.9 Å². The van der Waals surface area contributed by atoms with Crippen LogP contribution in [0, 0.1) is 0 Å². The zero-order valence-corrected chi connectivity index (χ0v) is 16.7. The highest BCUT2D eigenvalue weighted by atomic mass is 35.5. The molecule has 0 aliphatic carbocycles. The first-order chi connectivity index (χ1) is 13.1. The van der Waals surface area contributed by atoms with E-state index in [9.17, 15) is 5.11 Å². The van der Waals surface area contributed by atoms with Crippen LogP contribution >= 0.6 is 11.6 Å². The fraction of sp³-hybridized carbons (Fsp3) is 0.455. The monoisotopic (exact) mass is 388 g/mol. The van der Waals surface area contributed by atoms with Crippen molar-refractivity contribution < 1.29 is 9.84 Å². The number of aryl methyl sites for hydroxylation is 1. The SMILES string of the molecule is CCCc1ccc(OCC(O)CN2CCN(c3cccc(Cl)c3)CC2)cc1. The second-order valence-corrected chi connectivity index (χ2v) is 7.56. The van der Waals surface area contributed by atoms with Gasteiger partial charge in [-0.05, 0) is 42.3 Å². The first kappa shape index (κ1) is 20.0. The van der Waals surface area contributed by atoms with Gasteiger partial charge in [0.05, 0.1) is 0 Å². The lowest BCUT2D eigenvalue weighted by Gasteiger charge is -2.36. The Kier molecular flexibility index (Phi) is 7.39. The van der Waals surface area contributed by atoms with Crippen LogP contribution in [0.4, 0.5) is 5.69 Å². The summed E-state index contributed by atoms with van der Waals surface area (Å²) in [6.07, 6.45) is 1.74. The van der Waals surface area contributed by atoms with E-state index in [4.69, 9.17) is 16.3 Å². The van der Waals surface area contributed by atoms with Crippen LogP contribution < -0.4 is 9.64 Å². The van der Waals surface area contributed by atoms with Crippen LogP contribution in [0.15, 0.2) is 48.5 Å². The van der Waals surface area contributed by atoms with Gasteiger partial charge in [0.1, 0.15) is 18.5 Å². The van der Waals surface area contributed by atoms with Gasteiger partial charge in [-0.2, -0.15) is 0 Å². The van der Waals surface area contributed by atoms with E-state index in [-0.39, 0.29) is 0 Å². The molecule has 0 aromatic heterocycles. The Morgan fingerprint density at radius 1 is 1.07 bits per heavy atom. The molecule has 3 rings (SSSR count). The summed E-state index contributed by atoms with van der Waals surface area (Å²) in [5, 5.41) is 11.1. The molecule has 2 aromatic rings. The van der Waals surface area contributed by atoms with Crippen molar-refractivity contribution in [3.8, 4) is 5.75 Å². The van der Waals surface area contributed by atoms with Crippen LogP contribution in [0.2, 0.25) is 5.02 Å². The van der Waals surface area contributed by atoms with Crippen LogP contribution in [-0.4, -0.2) is 55.4 Å². The molecule has 0 spiro atoms. The highest BCUT2D eigenvalue weighted by Crippen LogP contribution is 2.21. The number of aliphatic hydroxyl groups is 1. The Balaban J connectivity index is 1.39. The molecule has 1 fully saturated rings. The number of anilines is 1. The number of nitrogens with zero attached hydrogens (tertiary/aromatic N) is 2. The molecule has 1 atom stereocenters. The van der Waals surface area contributed by atoms with E-state index in [2.05, 4.69) is 34.9 Å². The first-order valence-corrected chi connectivity index (χ1v) is 10.1. The van der Waals surface area contributed by atoms with Gasteiger partial charge in [0.2, 0.25) is 0 Å². The fourth-order valence-electron chi connectivity index (χ4n) is 3.45. The molecule has 1 aliphatic heterocycles. The van der Waals surface area contributed by atoms with Crippen molar-refractivity contribution in [1.29, 1.82) is 0 Å². The van der Waals surface area contributed by atoms with Crippen LogP contribution in [-0.2, 0) is 6.42 Å². The number of benzene rings is 2. The maximum absolute atomic E-state index is 10.3. The number of aliphatic hydroxyl groups excluding tert-OH is 1. The molecule has 1 saturated heterocycles. The van der Waals surface area contributed by atoms with E-state index >= 15 is 0 Å². The molecule has 2 aromatic carbocycles. The van der Waals surface area contributed by atoms with Crippen molar-refractivity contribution in [1.82, 2.24) is 4.90 Å². The Labute approximate surface area is 167 Å². The van der Waals surface area contributed by atoms with Gasteiger partial charge < -0.3 is 14.7 Å². The minimum Gasteiger partial charge on any atom is -0.491 e. The predicted molar refractivity (Wildman–Crippen MR) is 112 cm³/mol. The van der Waals surface area contributed by atoms with Gasteiger partial charge in [-0.25, -0.2) is 0 Å². The number of hydrogen-bond donors (Lipinski definition) is 1. The number of hydrogen-bond acceptors (Lipinski definition) is 4. The van der Waals surface area contributed by atoms with Crippen molar-refractivity contribution in [2.75, 3.05) is 44.2 Å². The molecule has 5 heteroatoms. The molecule has 0 amide bonds. The smallest absolute Gasteiger partial charge is 0.119 e. The lowest BCUT2D eigenvalue weighted by Crippen LogP contribution is -2.49. The highest BCUT2D eigenvalue weighted by molar-refractivity contribution is 6.30. The average molecular weight is 389 g/mol. The fourth-order valence-corrected chi connectivity index (χ4v) is 3.63. The zero-order valence-electron chi connectivity index (χ0n) is 16.0. The standard InChI is InChI=1S/C22H29ClN2O2/c1-2-4-18-7-9-22(10-8-18)27-17-21(26)16-24-11-13-25(14-12-24)20-6-3-5-19(23)15-20/h3,5-10,15,21,26H,2,4,11-14,16-17H2,1H3. The average Bonchev–Trinajstić information content (AvgIpc) is 2.68. The number of ether oxygens (including phenoxy) is 1. The van der Waals surface area contributed by atoms with Crippen molar-refractivity contribution >= 4 is 17.3 Å². The summed E-state index contributed by atoms with van der Waals surface area (Å²) in [6, 6.07) is 16.2. The Morgan fingerprint density at radius 3 is 2.48 bits per heavy atom. The third kappa shape index (κ3) is 6.13. The quantitative estimate of drug-likeness (QED) is 0.745. The number of piperazine rings is 1. The van der Waals surface area contributed by atoms with E-state index in [0.29, 0.717) is 13.2 Å². The Hall–Kier alpha value is -1.75. The molecule has 1 aliphatic rings. The number of β-amino-alcohol motifs (C(OH)–C–C–N with tert-alkyl or cyclic N) is 1. The number of halogens is 1. The molecule has 146 valence electrons. The summed E-state index contributed by atoms with van der Waals surface area (Å²) in [5.41, 5.74) is 2.49. The van der Waals surface area contributed by atoms with Gasteiger partial charge in [0.25, 0.3) is 0 Å². The lowest BCUT2D eigenvalue weighted by molar-refractivity contribution is 0.0663. The Bertz CT molecular complexity index is 700. The van der Waals surface area contributed by atoms with E-state index in [1.54, 1.807) is 0 Å². The van der Waals surface area contributed by atoms with Gasteiger partial charge in [-0.3, -0.25) is 4.90 Å². The van der Waals surface area contributed by atoms with Crippen molar-refractivity contribution in [3.05, 3.63) is 59.1 Å². The lowest BCUT2D eigenvalue weighted by atomic mass is 10.1. The van der Waals surface area contributed by atoms with E-state index in [1.165, 1.54) is 5.56 Å². The first-order valence-electron chi connectivity index (χ1n) is 9.76. The molecule has 0 radical (unpaired) electrons. The molecule has 1 unspecified atom stereocenters. The largest absolute Gasteiger partial charge is 0.491 e. The molecule has 1 heterocycles. The Morgan fingerprint density at radius 2 is 1.81 bits per heavy atom. The summed E-state index contributed by atoms with van der Waals surface area (Å²) >= 11 is 6.09. The van der Waals surface area contributed by atoms with Gasteiger partial charge in [-0.1, -0.05) is 43.1 Å². The second-order valence-electron chi connectivity index (χ2n) is 7.13. The van der Waals surface area contributed by atoms with E-state index in [1.807, 2.05) is 30.3 Å². The van der Waals surface area contributed by atoms with Crippen LogP contribution in [0.3, 0.4) is 0 Å². The summed E-state index contributed by atoms with van der Waals surface area (Å²) in [6.45, 7) is 6.86. The molecular formula is C22H29ClN2O2. The molecule has 4 nitrogen and oxygen atoms in total. The molecule has 27 heavy (non-hydrogen) atoms. The third-order valence-electron chi connectivity index (χ3n) is 4.92. The van der Waals surface area contributed by atoms with E-state index in [0.717, 1.165) is 55.5 Å². The maximum Gasteiger partial charge on any atom is 0.119 e. The van der Waals surface area contributed by atoms with Crippen LogP contribution in [0.1, 0.15) is 18.9 Å². The third-order valence-corrected chi connectivity index (χ3v) is 5.15. The highest BCUT2D eigenvalue weighted by Gasteiger charge is 2.20. The number of rotatable bonds is 8.